The summed E-state index contributed by atoms with van der Waals surface area (Å²) in [7, 11) is -0.491. The molecule has 0 unspecified atom stereocenters. The van der Waals surface area contributed by atoms with E-state index in [0.29, 0.717) is 28.8 Å². The Balaban J connectivity index is 1.86. The van der Waals surface area contributed by atoms with Gasteiger partial charge in [-0.15, -0.1) is 11.3 Å². The first-order chi connectivity index (χ1) is 13.4. The number of amides is 1. The number of carbonyl (C=O) groups is 1. The smallest absolute Gasteiger partial charge is 0.253 e. The molecule has 28 heavy (non-hydrogen) atoms. The molecule has 0 radical (unpaired) electrons. The normalized spacial score (nSPS) is 17.5. The van der Waals surface area contributed by atoms with Crippen LogP contribution < -0.4 is 14.8 Å². The van der Waals surface area contributed by atoms with Gasteiger partial charge in [-0.3, -0.25) is 4.79 Å². The number of rotatable bonds is 7. The lowest BCUT2D eigenvalue weighted by molar-refractivity contribution is -0.119. The Labute approximate surface area is 169 Å². The standard InChI is InChI=1S/C19H24N2O5S2/c1-13(22)20-12-15-7-9-19(27-15)28(23,24)21-10-4-5-16(21)14-6-8-17(25-2)18(11-14)26-3/h6-9,11,16H,4-5,10,12H2,1-3H3,(H,20,22)/t16-/m0/s1. The van der Waals surface area contributed by atoms with E-state index in [4.69, 9.17) is 9.47 Å². The summed E-state index contributed by atoms with van der Waals surface area (Å²) in [6, 6.07) is 8.64. The van der Waals surface area contributed by atoms with Crippen molar-refractivity contribution in [3.63, 3.8) is 0 Å². The Hall–Kier alpha value is -2.10. The van der Waals surface area contributed by atoms with E-state index in [0.717, 1.165) is 23.3 Å². The van der Waals surface area contributed by atoms with Crippen LogP contribution in [0.15, 0.2) is 34.5 Å². The maximum absolute atomic E-state index is 13.2. The minimum Gasteiger partial charge on any atom is -0.493 e. The van der Waals surface area contributed by atoms with Crippen LogP contribution in [0.4, 0.5) is 0 Å². The second-order valence-electron chi connectivity index (χ2n) is 6.52. The average Bonchev–Trinajstić information content (AvgIpc) is 3.35. The van der Waals surface area contributed by atoms with Gasteiger partial charge in [0.2, 0.25) is 5.91 Å². The molecule has 1 N–H and O–H groups in total. The quantitative estimate of drug-likeness (QED) is 0.739. The van der Waals surface area contributed by atoms with Crippen molar-refractivity contribution >= 4 is 27.3 Å². The van der Waals surface area contributed by atoms with Crippen LogP contribution in [0.5, 0.6) is 11.5 Å². The van der Waals surface area contributed by atoms with Gasteiger partial charge in [-0.05, 0) is 42.7 Å². The highest BCUT2D eigenvalue weighted by Gasteiger charge is 2.37. The third-order valence-corrected chi connectivity index (χ3v) is 8.17. The monoisotopic (exact) mass is 424 g/mol. The Kier molecular flexibility index (Phi) is 6.26. The van der Waals surface area contributed by atoms with Crippen molar-refractivity contribution in [3.05, 3.63) is 40.8 Å². The van der Waals surface area contributed by atoms with Gasteiger partial charge in [-0.25, -0.2) is 8.42 Å². The Morgan fingerprint density at radius 2 is 1.96 bits per heavy atom. The number of hydrogen-bond donors (Lipinski definition) is 1. The molecular formula is C19H24N2O5S2. The van der Waals surface area contributed by atoms with E-state index < -0.39 is 10.0 Å². The topological polar surface area (TPSA) is 84.9 Å². The van der Waals surface area contributed by atoms with Crippen LogP contribution in [0.2, 0.25) is 0 Å². The second-order valence-corrected chi connectivity index (χ2v) is 9.80. The predicted molar refractivity (Wildman–Crippen MR) is 107 cm³/mol. The largest absolute Gasteiger partial charge is 0.493 e. The number of sulfonamides is 1. The first-order valence-electron chi connectivity index (χ1n) is 8.93. The summed E-state index contributed by atoms with van der Waals surface area (Å²) in [6.45, 7) is 2.23. The third kappa shape index (κ3) is 4.16. The van der Waals surface area contributed by atoms with E-state index in [1.807, 2.05) is 12.1 Å². The molecule has 0 saturated carbocycles. The number of ether oxygens (including phenoxy) is 2. The fourth-order valence-electron chi connectivity index (χ4n) is 3.34. The summed E-state index contributed by atoms with van der Waals surface area (Å²) in [4.78, 5) is 11.9. The molecule has 1 saturated heterocycles. The van der Waals surface area contributed by atoms with Gasteiger partial charge >= 0.3 is 0 Å². The van der Waals surface area contributed by atoms with Gasteiger partial charge in [0.1, 0.15) is 4.21 Å². The molecule has 2 aromatic rings. The third-order valence-electron chi connectivity index (χ3n) is 4.71. The van der Waals surface area contributed by atoms with Gasteiger partial charge in [0.15, 0.2) is 11.5 Å². The lowest BCUT2D eigenvalue weighted by Crippen LogP contribution is -2.30. The molecule has 7 nitrogen and oxygen atoms in total. The van der Waals surface area contributed by atoms with Crippen LogP contribution in [0.25, 0.3) is 0 Å². The molecule has 1 fully saturated rings. The number of methoxy groups -OCH3 is 2. The Morgan fingerprint density at radius 3 is 2.64 bits per heavy atom. The van der Waals surface area contributed by atoms with E-state index in [2.05, 4.69) is 5.32 Å². The zero-order chi connectivity index (χ0) is 20.3. The lowest BCUT2D eigenvalue weighted by Gasteiger charge is -2.24. The minimum atomic E-state index is -3.62. The molecule has 1 aliphatic rings. The number of thiophene rings is 1. The molecule has 2 heterocycles. The number of carbonyl (C=O) groups excluding carboxylic acids is 1. The molecule has 1 aliphatic heterocycles. The summed E-state index contributed by atoms with van der Waals surface area (Å²) < 4.78 is 39.0. The van der Waals surface area contributed by atoms with Crippen molar-refractivity contribution in [2.45, 2.75) is 36.6 Å². The van der Waals surface area contributed by atoms with Crippen molar-refractivity contribution in [2.24, 2.45) is 0 Å². The highest BCUT2D eigenvalue weighted by atomic mass is 32.2. The van der Waals surface area contributed by atoms with E-state index in [-0.39, 0.29) is 11.9 Å². The molecule has 0 aliphatic carbocycles. The number of benzene rings is 1. The molecule has 1 amide bonds. The van der Waals surface area contributed by atoms with Crippen LogP contribution in [0, 0.1) is 0 Å². The van der Waals surface area contributed by atoms with Crippen molar-refractivity contribution in [1.82, 2.24) is 9.62 Å². The fourth-order valence-corrected chi connectivity index (χ4v) is 6.45. The zero-order valence-corrected chi connectivity index (χ0v) is 17.7. The SMILES string of the molecule is COc1ccc([C@@H]2CCCN2S(=O)(=O)c2ccc(CNC(C)=O)s2)cc1OC. The highest BCUT2D eigenvalue weighted by Crippen LogP contribution is 2.40. The maximum atomic E-state index is 13.2. The van der Waals surface area contributed by atoms with E-state index in [1.54, 1.807) is 36.7 Å². The first kappa shape index (κ1) is 20.6. The maximum Gasteiger partial charge on any atom is 0.253 e. The minimum absolute atomic E-state index is 0.147. The van der Waals surface area contributed by atoms with Crippen molar-refractivity contribution in [3.8, 4) is 11.5 Å². The van der Waals surface area contributed by atoms with E-state index >= 15 is 0 Å². The summed E-state index contributed by atoms with van der Waals surface area (Å²) in [5, 5.41) is 2.69. The Morgan fingerprint density at radius 1 is 1.21 bits per heavy atom. The number of nitrogens with one attached hydrogen (secondary N) is 1. The van der Waals surface area contributed by atoms with Gasteiger partial charge in [0.25, 0.3) is 10.0 Å². The molecule has 1 aromatic carbocycles. The summed E-state index contributed by atoms with van der Waals surface area (Å²) >= 11 is 1.19. The van der Waals surface area contributed by atoms with Crippen LogP contribution in [0.1, 0.15) is 36.2 Å². The number of nitrogens with zero attached hydrogens (tertiary/aromatic N) is 1. The van der Waals surface area contributed by atoms with E-state index in [1.165, 1.54) is 18.3 Å². The van der Waals surface area contributed by atoms with Crippen molar-refractivity contribution in [1.29, 1.82) is 0 Å². The van der Waals surface area contributed by atoms with Crippen LogP contribution in [-0.4, -0.2) is 39.4 Å². The summed E-state index contributed by atoms with van der Waals surface area (Å²) in [6.07, 6.45) is 1.54. The fraction of sp³-hybridized carbons (Fsp3) is 0.421. The van der Waals surface area contributed by atoms with Gasteiger partial charge < -0.3 is 14.8 Å². The predicted octanol–water partition coefficient (Wildman–Crippen LogP) is 2.93. The van der Waals surface area contributed by atoms with Crippen molar-refractivity contribution in [2.75, 3.05) is 20.8 Å². The molecule has 0 bridgehead atoms. The summed E-state index contributed by atoms with van der Waals surface area (Å²) in [5.41, 5.74) is 0.883. The molecule has 3 rings (SSSR count). The Bertz CT molecular complexity index is 955. The average molecular weight is 425 g/mol. The van der Waals surface area contributed by atoms with Gasteiger partial charge in [0.05, 0.1) is 26.8 Å². The molecule has 1 atom stereocenters. The molecule has 1 aromatic heterocycles. The highest BCUT2D eigenvalue weighted by molar-refractivity contribution is 7.91. The molecule has 9 heteroatoms. The van der Waals surface area contributed by atoms with E-state index in [9.17, 15) is 13.2 Å². The van der Waals surface area contributed by atoms with Gasteiger partial charge in [-0.2, -0.15) is 4.31 Å². The van der Waals surface area contributed by atoms with Crippen LogP contribution in [-0.2, 0) is 21.4 Å². The molecule has 0 spiro atoms. The van der Waals surface area contributed by atoms with Gasteiger partial charge in [0, 0.05) is 18.3 Å². The zero-order valence-electron chi connectivity index (χ0n) is 16.1. The van der Waals surface area contributed by atoms with Gasteiger partial charge in [-0.1, -0.05) is 6.07 Å². The molecule has 152 valence electrons. The lowest BCUT2D eigenvalue weighted by atomic mass is 10.0. The van der Waals surface area contributed by atoms with Crippen LogP contribution in [0.3, 0.4) is 0 Å². The van der Waals surface area contributed by atoms with Crippen LogP contribution >= 0.6 is 11.3 Å². The first-order valence-corrected chi connectivity index (χ1v) is 11.2. The number of hydrogen-bond acceptors (Lipinski definition) is 6. The summed E-state index contributed by atoms with van der Waals surface area (Å²) in [5.74, 6) is 1.04. The second kappa shape index (κ2) is 8.50. The van der Waals surface area contributed by atoms with Crippen molar-refractivity contribution < 1.29 is 22.7 Å². The molecular weight excluding hydrogens is 400 g/mol.